The summed E-state index contributed by atoms with van der Waals surface area (Å²) in [6.45, 7) is 3.00. The van der Waals surface area contributed by atoms with E-state index in [0.29, 0.717) is 13.1 Å². The van der Waals surface area contributed by atoms with Crippen LogP contribution in [0.3, 0.4) is 0 Å². The fourth-order valence-corrected chi connectivity index (χ4v) is 2.49. The zero-order chi connectivity index (χ0) is 16.9. The van der Waals surface area contributed by atoms with Gasteiger partial charge in [0, 0.05) is 12.1 Å². The van der Waals surface area contributed by atoms with E-state index in [2.05, 4.69) is 5.32 Å². The summed E-state index contributed by atoms with van der Waals surface area (Å²) in [6, 6.07) is 18.0. The molecule has 0 saturated carbocycles. The molecule has 0 fully saturated rings. The molecule has 0 spiro atoms. The summed E-state index contributed by atoms with van der Waals surface area (Å²) in [5.41, 5.74) is 2.88. The van der Waals surface area contributed by atoms with Gasteiger partial charge in [-0.15, -0.1) is 0 Å². The van der Waals surface area contributed by atoms with Crippen molar-refractivity contribution in [3.05, 3.63) is 83.4 Å². The quantitative estimate of drug-likeness (QED) is 0.705. The molecule has 24 heavy (non-hydrogen) atoms. The number of hydrogen-bond acceptors (Lipinski definition) is 3. The van der Waals surface area contributed by atoms with Crippen LogP contribution in [-0.2, 0) is 13.1 Å². The molecule has 0 amide bonds. The number of halogens is 1. The molecule has 2 N–H and O–H groups in total. The first-order valence-corrected chi connectivity index (χ1v) is 7.94. The molecule has 1 aromatic heterocycles. The zero-order valence-corrected chi connectivity index (χ0v) is 13.5. The fraction of sp³-hybridized carbons (Fsp3) is 0.200. The van der Waals surface area contributed by atoms with E-state index in [-0.39, 0.29) is 5.82 Å². The largest absolute Gasteiger partial charge is 0.460 e. The van der Waals surface area contributed by atoms with Crippen LogP contribution in [-0.4, -0.2) is 5.11 Å². The molecule has 0 aliphatic rings. The summed E-state index contributed by atoms with van der Waals surface area (Å²) in [7, 11) is 0. The molecule has 3 aromatic rings. The number of hydrogen-bond donors (Lipinski definition) is 2. The molecular weight excluding hydrogens is 305 g/mol. The molecule has 0 unspecified atom stereocenters. The van der Waals surface area contributed by atoms with Gasteiger partial charge in [0.2, 0.25) is 0 Å². The van der Waals surface area contributed by atoms with Crippen molar-refractivity contribution in [2.45, 2.75) is 26.1 Å². The highest BCUT2D eigenvalue weighted by molar-refractivity contribution is 5.58. The van der Waals surface area contributed by atoms with Gasteiger partial charge in [0.25, 0.3) is 0 Å². The second kappa shape index (κ2) is 7.43. The maximum Gasteiger partial charge on any atom is 0.134 e. The van der Waals surface area contributed by atoms with Crippen LogP contribution in [0.1, 0.15) is 29.9 Å². The Bertz CT molecular complexity index is 776. The maximum absolute atomic E-state index is 12.9. The number of aliphatic hydroxyl groups is 1. The number of benzene rings is 2. The van der Waals surface area contributed by atoms with E-state index in [4.69, 9.17) is 4.42 Å². The normalized spacial score (nSPS) is 12.3. The summed E-state index contributed by atoms with van der Waals surface area (Å²) >= 11 is 0. The van der Waals surface area contributed by atoms with Crippen LogP contribution in [0.5, 0.6) is 0 Å². The first-order chi connectivity index (χ1) is 11.6. The highest BCUT2D eigenvalue weighted by Crippen LogP contribution is 2.24. The Hall–Kier alpha value is -2.43. The minimum absolute atomic E-state index is 0.226. The number of aliphatic hydroxyl groups excluding tert-OH is 1. The molecule has 3 nitrogen and oxygen atoms in total. The van der Waals surface area contributed by atoms with E-state index in [1.165, 1.54) is 12.1 Å². The van der Waals surface area contributed by atoms with E-state index >= 15 is 0 Å². The number of furan rings is 1. The molecule has 4 heteroatoms. The average molecular weight is 325 g/mol. The van der Waals surface area contributed by atoms with Crippen LogP contribution in [0.2, 0.25) is 0 Å². The van der Waals surface area contributed by atoms with Crippen molar-refractivity contribution in [3.8, 4) is 11.3 Å². The third-order valence-electron chi connectivity index (χ3n) is 3.88. The molecular formula is C20H20FNO2. The topological polar surface area (TPSA) is 45.4 Å². The van der Waals surface area contributed by atoms with Gasteiger partial charge in [0.05, 0.1) is 12.6 Å². The third-order valence-corrected chi connectivity index (χ3v) is 3.88. The van der Waals surface area contributed by atoms with Crippen molar-refractivity contribution in [2.75, 3.05) is 0 Å². The van der Waals surface area contributed by atoms with Gasteiger partial charge in [0.15, 0.2) is 0 Å². The smallest absolute Gasteiger partial charge is 0.134 e. The Labute approximate surface area is 140 Å². The second-order valence-electron chi connectivity index (χ2n) is 5.79. The van der Waals surface area contributed by atoms with Gasteiger partial charge >= 0.3 is 0 Å². The zero-order valence-electron chi connectivity index (χ0n) is 13.5. The monoisotopic (exact) mass is 325 g/mol. The van der Waals surface area contributed by atoms with Crippen molar-refractivity contribution in [1.82, 2.24) is 5.32 Å². The van der Waals surface area contributed by atoms with Crippen molar-refractivity contribution in [2.24, 2.45) is 0 Å². The molecule has 2 aromatic carbocycles. The molecule has 0 radical (unpaired) electrons. The lowest BCUT2D eigenvalue weighted by molar-refractivity contribution is 0.199. The summed E-state index contributed by atoms with van der Waals surface area (Å²) in [5.74, 6) is 1.41. The van der Waals surface area contributed by atoms with Gasteiger partial charge in [-0.05, 0) is 42.3 Å². The van der Waals surface area contributed by atoms with Crippen molar-refractivity contribution >= 4 is 0 Å². The van der Waals surface area contributed by atoms with Crippen LogP contribution in [0.25, 0.3) is 11.3 Å². The first-order valence-electron chi connectivity index (χ1n) is 7.94. The van der Waals surface area contributed by atoms with Gasteiger partial charge in [-0.3, -0.25) is 0 Å². The lowest BCUT2D eigenvalue weighted by atomic mass is 10.1. The van der Waals surface area contributed by atoms with E-state index in [0.717, 1.165) is 28.2 Å². The Morgan fingerprint density at radius 1 is 0.958 bits per heavy atom. The van der Waals surface area contributed by atoms with E-state index < -0.39 is 6.10 Å². The van der Waals surface area contributed by atoms with E-state index in [9.17, 15) is 9.50 Å². The van der Waals surface area contributed by atoms with Crippen LogP contribution < -0.4 is 5.32 Å². The van der Waals surface area contributed by atoms with Crippen LogP contribution in [0.4, 0.5) is 4.39 Å². The first kappa shape index (κ1) is 16.4. The number of nitrogens with one attached hydrogen (secondary N) is 1. The molecule has 0 aliphatic heterocycles. The van der Waals surface area contributed by atoms with Crippen molar-refractivity contribution < 1.29 is 13.9 Å². The lowest BCUT2D eigenvalue weighted by Gasteiger charge is -2.05. The minimum Gasteiger partial charge on any atom is -0.460 e. The molecule has 1 heterocycles. The summed E-state index contributed by atoms with van der Waals surface area (Å²) < 4.78 is 18.7. The predicted octanol–water partition coefficient (Wildman–Crippen LogP) is 4.43. The number of rotatable bonds is 6. The Balaban J connectivity index is 1.58. The SMILES string of the molecule is C[C@@H](O)c1ccc(-c2ccc(CNCc3ccc(F)cc3)o2)cc1. The molecule has 0 aliphatic carbocycles. The predicted molar refractivity (Wildman–Crippen MR) is 91.7 cm³/mol. The Morgan fingerprint density at radius 2 is 1.67 bits per heavy atom. The van der Waals surface area contributed by atoms with Crippen molar-refractivity contribution in [1.29, 1.82) is 0 Å². The Kier molecular flexibility index (Phi) is 5.08. The maximum atomic E-state index is 12.9. The summed E-state index contributed by atoms with van der Waals surface area (Å²) in [6.07, 6.45) is -0.470. The molecule has 0 bridgehead atoms. The third kappa shape index (κ3) is 4.10. The van der Waals surface area contributed by atoms with Crippen LogP contribution >= 0.6 is 0 Å². The van der Waals surface area contributed by atoms with E-state index in [1.807, 2.05) is 36.4 Å². The lowest BCUT2D eigenvalue weighted by Crippen LogP contribution is -2.11. The molecule has 0 saturated heterocycles. The highest BCUT2D eigenvalue weighted by Gasteiger charge is 2.06. The average Bonchev–Trinajstić information content (AvgIpc) is 3.06. The summed E-state index contributed by atoms with van der Waals surface area (Å²) in [4.78, 5) is 0. The standard InChI is InChI=1S/C20H20FNO2/c1-14(23)16-4-6-17(7-5-16)20-11-10-19(24-20)13-22-12-15-2-8-18(21)9-3-15/h2-11,14,22-23H,12-13H2,1H3/t14-/m1/s1. The Morgan fingerprint density at radius 3 is 2.33 bits per heavy atom. The van der Waals surface area contributed by atoms with Gasteiger partial charge in [-0.1, -0.05) is 36.4 Å². The van der Waals surface area contributed by atoms with Crippen LogP contribution in [0, 0.1) is 5.82 Å². The molecule has 1 atom stereocenters. The van der Waals surface area contributed by atoms with Gasteiger partial charge in [-0.25, -0.2) is 4.39 Å². The minimum atomic E-state index is -0.470. The summed E-state index contributed by atoms with van der Waals surface area (Å²) in [5, 5.41) is 12.8. The van der Waals surface area contributed by atoms with Gasteiger partial charge < -0.3 is 14.8 Å². The molecule has 124 valence electrons. The fourth-order valence-electron chi connectivity index (χ4n) is 2.49. The van der Waals surface area contributed by atoms with Crippen LogP contribution in [0.15, 0.2) is 65.1 Å². The van der Waals surface area contributed by atoms with Gasteiger partial charge in [-0.2, -0.15) is 0 Å². The second-order valence-corrected chi connectivity index (χ2v) is 5.79. The van der Waals surface area contributed by atoms with Gasteiger partial charge in [0.1, 0.15) is 17.3 Å². The molecule has 3 rings (SSSR count). The highest BCUT2D eigenvalue weighted by atomic mass is 19.1. The van der Waals surface area contributed by atoms with Crippen molar-refractivity contribution in [3.63, 3.8) is 0 Å². The van der Waals surface area contributed by atoms with E-state index in [1.54, 1.807) is 19.1 Å².